The van der Waals surface area contributed by atoms with Gasteiger partial charge in [-0.3, -0.25) is 4.79 Å². The van der Waals surface area contributed by atoms with Crippen LogP contribution in [0.2, 0.25) is 0 Å². The Morgan fingerprint density at radius 2 is 2.44 bits per heavy atom. The van der Waals surface area contributed by atoms with Gasteiger partial charge in [0, 0.05) is 0 Å². The zero-order valence-corrected chi connectivity index (χ0v) is 5.42. The van der Waals surface area contributed by atoms with Gasteiger partial charge < -0.3 is 10.9 Å². The smallest absolute Gasteiger partial charge is 0.236 e. The summed E-state index contributed by atoms with van der Waals surface area (Å²) in [6.07, 6.45) is 1.40. The van der Waals surface area contributed by atoms with Crippen LogP contribution in [0.1, 0.15) is 19.8 Å². The lowest BCUT2D eigenvalue weighted by Gasteiger charge is -2.07. The molecule has 1 amide bonds. The summed E-state index contributed by atoms with van der Waals surface area (Å²) < 4.78 is 0. The van der Waals surface area contributed by atoms with E-state index in [0.717, 1.165) is 6.42 Å². The molecule has 0 aromatic rings. The average Bonchev–Trinajstić information content (AvgIpc) is 1.82. The molecule has 0 spiro atoms. The molecule has 0 fully saturated rings. The van der Waals surface area contributed by atoms with Crippen molar-refractivity contribution in [1.82, 2.24) is 5.48 Å². The topological polar surface area (TPSA) is 75.3 Å². The molecule has 4 nitrogen and oxygen atoms in total. The van der Waals surface area contributed by atoms with Crippen LogP contribution in [-0.2, 0) is 4.79 Å². The third-order valence-electron chi connectivity index (χ3n) is 1.08. The van der Waals surface area contributed by atoms with Gasteiger partial charge in [0.15, 0.2) is 0 Å². The molecule has 0 aromatic heterocycles. The maximum absolute atomic E-state index is 10.3. The number of amides is 1. The number of carbonyl (C=O) groups is 1. The molecule has 0 rings (SSSR count). The lowest BCUT2D eigenvalue weighted by atomic mass is 10.2. The van der Waals surface area contributed by atoms with Gasteiger partial charge in [-0.25, -0.2) is 0 Å². The van der Waals surface area contributed by atoms with Gasteiger partial charge in [0.2, 0.25) is 5.91 Å². The van der Waals surface area contributed by atoms with Crippen molar-refractivity contribution in [2.24, 2.45) is 5.73 Å². The van der Waals surface area contributed by atoms with E-state index in [2.05, 4.69) is 0 Å². The highest BCUT2D eigenvalue weighted by Gasteiger charge is 2.10. The Morgan fingerprint density at radius 1 is 1.89 bits per heavy atom. The second-order valence-electron chi connectivity index (χ2n) is 1.87. The maximum Gasteiger partial charge on any atom is 0.236 e. The van der Waals surface area contributed by atoms with E-state index in [4.69, 9.17) is 10.9 Å². The van der Waals surface area contributed by atoms with Crippen molar-refractivity contribution in [3.63, 3.8) is 0 Å². The Kier molecular flexibility index (Phi) is 4.00. The van der Waals surface area contributed by atoms with Gasteiger partial charge in [0.05, 0.1) is 0 Å². The minimum atomic E-state index is -0.588. The van der Waals surface area contributed by atoms with Crippen LogP contribution in [0.4, 0.5) is 0 Å². The third kappa shape index (κ3) is 3.05. The quantitative estimate of drug-likeness (QED) is 0.456. The lowest BCUT2D eigenvalue weighted by Crippen LogP contribution is -2.39. The third-order valence-corrected chi connectivity index (χ3v) is 1.08. The SMILES string of the molecule is CCCC(NO)C(N)=O. The molecule has 0 bridgehead atoms. The number of primary amides is 1. The molecule has 0 saturated carbocycles. The molecule has 9 heavy (non-hydrogen) atoms. The first kappa shape index (κ1) is 8.39. The minimum Gasteiger partial charge on any atom is -0.368 e. The largest absolute Gasteiger partial charge is 0.368 e. The van der Waals surface area contributed by atoms with Crippen molar-refractivity contribution in [3.8, 4) is 0 Å². The Morgan fingerprint density at radius 3 is 2.56 bits per heavy atom. The Balaban J connectivity index is 3.54. The van der Waals surface area contributed by atoms with Crippen molar-refractivity contribution >= 4 is 5.91 Å². The van der Waals surface area contributed by atoms with Crippen molar-refractivity contribution in [2.75, 3.05) is 0 Å². The van der Waals surface area contributed by atoms with E-state index in [1.807, 2.05) is 12.4 Å². The summed E-state index contributed by atoms with van der Waals surface area (Å²) in [5.41, 5.74) is 6.70. The van der Waals surface area contributed by atoms with E-state index in [-0.39, 0.29) is 0 Å². The second kappa shape index (κ2) is 4.29. The summed E-state index contributed by atoms with van der Waals surface area (Å²) in [7, 11) is 0. The first-order valence-electron chi connectivity index (χ1n) is 2.91. The van der Waals surface area contributed by atoms with Crippen LogP contribution < -0.4 is 11.2 Å². The molecular formula is C5H12N2O2. The van der Waals surface area contributed by atoms with Gasteiger partial charge in [0.1, 0.15) is 6.04 Å². The van der Waals surface area contributed by atoms with Crippen LogP contribution in [-0.4, -0.2) is 17.2 Å². The molecule has 0 heterocycles. The number of nitrogens with one attached hydrogen (secondary N) is 1. The highest BCUT2D eigenvalue weighted by atomic mass is 16.5. The second-order valence-corrected chi connectivity index (χ2v) is 1.87. The molecule has 0 saturated heterocycles. The fraction of sp³-hybridized carbons (Fsp3) is 0.800. The summed E-state index contributed by atoms with van der Waals surface area (Å²) in [5.74, 6) is -0.514. The van der Waals surface area contributed by atoms with Gasteiger partial charge in [0.25, 0.3) is 0 Å². The van der Waals surface area contributed by atoms with E-state index in [1.54, 1.807) is 0 Å². The monoisotopic (exact) mass is 132 g/mol. The van der Waals surface area contributed by atoms with Crippen LogP contribution in [0.3, 0.4) is 0 Å². The summed E-state index contributed by atoms with van der Waals surface area (Å²) in [4.78, 5) is 10.3. The van der Waals surface area contributed by atoms with Crippen molar-refractivity contribution in [3.05, 3.63) is 0 Å². The van der Waals surface area contributed by atoms with Crippen LogP contribution in [0.5, 0.6) is 0 Å². The highest BCUT2D eigenvalue weighted by Crippen LogP contribution is 1.92. The number of hydrogen-bond acceptors (Lipinski definition) is 3. The van der Waals surface area contributed by atoms with Crippen LogP contribution in [0, 0.1) is 0 Å². The zero-order valence-electron chi connectivity index (χ0n) is 5.42. The Labute approximate surface area is 54.0 Å². The first-order valence-corrected chi connectivity index (χ1v) is 2.91. The van der Waals surface area contributed by atoms with Gasteiger partial charge in [-0.1, -0.05) is 13.3 Å². The van der Waals surface area contributed by atoms with Gasteiger partial charge in [-0.2, -0.15) is 5.48 Å². The summed E-state index contributed by atoms with van der Waals surface area (Å²) in [6.45, 7) is 1.91. The molecule has 1 atom stereocenters. The standard InChI is InChI=1S/C5H12N2O2/c1-2-3-4(7-9)5(6)8/h4,7,9H,2-3H2,1H3,(H2,6,8). The summed E-state index contributed by atoms with van der Waals surface area (Å²) in [6, 6.07) is -0.588. The predicted molar refractivity (Wildman–Crippen MR) is 32.8 cm³/mol. The van der Waals surface area contributed by atoms with Crippen molar-refractivity contribution in [2.45, 2.75) is 25.8 Å². The molecule has 0 aromatic carbocycles. The predicted octanol–water partition coefficient (Wildman–Crippen LogP) is -0.381. The molecule has 0 aliphatic heterocycles. The van der Waals surface area contributed by atoms with Gasteiger partial charge >= 0.3 is 0 Å². The molecule has 0 aliphatic carbocycles. The minimum absolute atomic E-state index is 0.514. The Bertz CT molecular complexity index is 95.0. The molecule has 4 heteroatoms. The number of carbonyl (C=O) groups excluding carboxylic acids is 1. The number of hydrogen-bond donors (Lipinski definition) is 3. The summed E-state index contributed by atoms with van der Waals surface area (Å²) in [5, 5.41) is 8.28. The van der Waals surface area contributed by atoms with Crippen LogP contribution >= 0.6 is 0 Å². The Hall–Kier alpha value is -0.610. The molecule has 1 unspecified atom stereocenters. The molecule has 54 valence electrons. The van der Waals surface area contributed by atoms with E-state index >= 15 is 0 Å². The number of hydroxylamine groups is 1. The van der Waals surface area contributed by atoms with Crippen molar-refractivity contribution in [1.29, 1.82) is 0 Å². The van der Waals surface area contributed by atoms with Gasteiger partial charge in [-0.05, 0) is 6.42 Å². The molecule has 0 aliphatic rings. The van der Waals surface area contributed by atoms with E-state index in [1.165, 1.54) is 0 Å². The normalized spacial score (nSPS) is 13.1. The number of nitrogens with two attached hydrogens (primary N) is 1. The molecular weight excluding hydrogens is 120 g/mol. The molecule has 0 radical (unpaired) electrons. The first-order chi connectivity index (χ1) is 4.22. The zero-order chi connectivity index (χ0) is 7.28. The van der Waals surface area contributed by atoms with E-state index in [9.17, 15) is 4.79 Å². The number of rotatable bonds is 4. The fourth-order valence-corrected chi connectivity index (χ4v) is 0.559. The lowest BCUT2D eigenvalue weighted by molar-refractivity contribution is -0.122. The summed E-state index contributed by atoms with van der Waals surface area (Å²) >= 11 is 0. The van der Waals surface area contributed by atoms with Gasteiger partial charge in [-0.15, -0.1) is 0 Å². The average molecular weight is 132 g/mol. The van der Waals surface area contributed by atoms with Crippen LogP contribution in [0.15, 0.2) is 0 Å². The fourth-order valence-electron chi connectivity index (χ4n) is 0.559. The van der Waals surface area contributed by atoms with E-state index in [0.29, 0.717) is 6.42 Å². The van der Waals surface area contributed by atoms with Crippen LogP contribution in [0.25, 0.3) is 0 Å². The molecule has 4 N–H and O–H groups in total. The maximum atomic E-state index is 10.3. The van der Waals surface area contributed by atoms with E-state index < -0.39 is 11.9 Å². The van der Waals surface area contributed by atoms with Crippen molar-refractivity contribution < 1.29 is 10.0 Å². The highest BCUT2D eigenvalue weighted by molar-refractivity contribution is 5.79.